The number of aromatic nitrogens is 2. The lowest BCUT2D eigenvalue weighted by molar-refractivity contribution is 0.0630. The van der Waals surface area contributed by atoms with Gasteiger partial charge in [-0.05, 0) is 29.9 Å². The van der Waals surface area contributed by atoms with Crippen LogP contribution >= 0.6 is 11.5 Å². The van der Waals surface area contributed by atoms with Gasteiger partial charge in [0, 0.05) is 24.5 Å². The van der Waals surface area contributed by atoms with Crippen molar-refractivity contribution >= 4 is 23.5 Å². The van der Waals surface area contributed by atoms with Gasteiger partial charge in [-0.3, -0.25) is 9.69 Å². The number of likely N-dealkylation sites (tertiary alicyclic amines) is 1. The zero-order chi connectivity index (χ0) is 17.2. The minimum Gasteiger partial charge on any atom is -0.447 e. The molecule has 2 aliphatic heterocycles. The van der Waals surface area contributed by atoms with E-state index in [1.807, 2.05) is 35.2 Å². The van der Waals surface area contributed by atoms with E-state index in [1.165, 1.54) is 11.5 Å². The summed E-state index contributed by atoms with van der Waals surface area (Å²) in [5.74, 6) is -0.0872. The molecule has 2 aliphatic rings. The van der Waals surface area contributed by atoms with Crippen LogP contribution in [0.3, 0.4) is 0 Å². The van der Waals surface area contributed by atoms with Crippen LogP contribution in [-0.2, 0) is 4.74 Å². The van der Waals surface area contributed by atoms with Gasteiger partial charge in [-0.25, -0.2) is 4.79 Å². The number of carbonyl (C=O) groups is 2. The summed E-state index contributed by atoms with van der Waals surface area (Å²) in [4.78, 5) is 28.3. The van der Waals surface area contributed by atoms with E-state index < -0.39 is 0 Å². The molecule has 0 aliphatic carbocycles. The Hall–Kier alpha value is -2.48. The number of ether oxygens (including phenoxy) is 1. The van der Waals surface area contributed by atoms with Crippen molar-refractivity contribution in [3.63, 3.8) is 0 Å². The molecule has 4 rings (SSSR count). The minimum atomic E-state index is -0.262. The van der Waals surface area contributed by atoms with Crippen LogP contribution in [0.15, 0.2) is 35.7 Å². The molecule has 25 heavy (non-hydrogen) atoms. The molecule has 0 radical (unpaired) electrons. The van der Waals surface area contributed by atoms with Gasteiger partial charge in [-0.1, -0.05) is 34.8 Å². The molecule has 7 nitrogen and oxygen atoms in total. The maximum atomic E-state index is 12.4. The highest BCUT2D eigenvalue weighted by Crippen LogP contribution is 2.33. The van der Waals surface area contributed by atoms with Crippen molar-refractivity contribution in [3.8, 4) is 0 Å². The molecular weight excluding hydrogens is 340 g/mol. The summed E-state index contributed by atoms with van der Waals surface area (Å²) in [5, 5.41) is 5.51. The second kappa shape index (κ2) is 6.79. The standard InChI is InChI=1S/C17H18N4O3S/c22-16(14-11-25-19-18-14)20-8-6-13(7-9-20)21-15(10-24-17(21)23)12-4-2-1-3-5-12/h1-5,11,13,15H,6-10H2/t15-/m0/s1. The molecule has 2 fully saturated rings. The lowest BCUT2D eigenvalue weighted by Crippen LogP contribution is -2.47. The van der Waals surface area contributed by atoms with Crippen LogP contribution in [0.5, 0.6) is 0 Å². The Morgan fingerprint density at radius 3 is 2.64 bits per heavy atom. The van der Waals surface area contributed by atoms with Gasteiger partial charge in [0.15, 0.2) is 5.69 Å². The van der Waals surface area contributed by atoms with E-state index in [0.717, 1.165) is 18.4 Å². The molecule has 2 aromatic rings. The molecule has 0 unspecified atom stereocenters. The molecule has 0 bridgehead atoms. The van der Waals surface area contributed by atoms with Gasteiger partial charge in [-0.2, -0.15) is 0 Å². The van der Waals surface area contributed by atoms with E-state index in [-0.39, 0.29) is 24.1 Å². The van der Waals surface area contributed by atoms with Crippen LogP contribution in [0.4, 0.5) is 4.79 Å². The fourth-order valence-electron chi connectivity index (χ4n) is 3.53. The van der Waals surface area contributed by atoms with Gasteiger partial charge in [-0.15, -0.1) is 5.10 Å². The highest BCUT2D eigenvalue weighted by molar-refractivity contribution is 7.03. The van der Waals surface area contributed by atoms with Crippen molar-refractivity contribution in [1.29, 1.82) is 0 Å². The molecule has 8 heteroatoms. The van der Waals surface area contributed by atoms with E-state index in [1.54, 1.807) is 10.3 Å². The van der Waals surface area contributed by atoms with Gasteiger partial charge in [0.1, 0.15) is 6.61 Å². The van der Waals surface area contributed by atoms with E-state index in [9.17, 15) is 9.59 Å². The molecule has 0 spiro atoms. The number of carbonyl (C=O) groups excluding carboxylic acids is 2. The van der Waals surface area contributed by atoms with Crippen molar-refractivity contribution in [2.75, 3.05) is 19.7 Å². The summed E-state index contributed by atoms with van der Waals surface area (Å²) in [6.45, 7) is 1.59. The maximum Gasteiger partial charge on any atom is 0.410 e. The van der Waals surface area contributed by atoms with Gasteiger partial charge < -0.3 is 9.64 Å². The summed E-state index contributed by atoms with van der Waals surface area (Å²) < 4.78 is 9.05. The molecule has 1 atom stereocenters. The van der Waals surface area contributed by atoms with Crippen LogP contribution < -0.4 is 0 Å². The Kier molecular flexibility index (Phi) is 4.35. The third kappa shape index (κ3) is 3.09. The number of amides is 2. The summed E-state index contributed by atoms with van der Waals surface area (Å²) >= 11 is 1.17. The molecule has 130 valence electrons. The van der Waals surface area contributed by atoms with E-state index >= 15 is 0 Å². The van der Waals surface area contributed by atoms with Crippen molar-refractivity contribution in [1.82, 2.24) is 19.4 Å². The summed E-state index contributed by atoms with van der Waals surface area (Å²) in [6, 6.07) is 9.98. The van der Waals surface area contributed by atoms with Gasteiger partial charge >= 0.3 is 6.09 Å². The van der Waals surface area contributed by atoms with Crippen molar-refractivity contribution in [3.05, 3.63) is 47.0 Å². The smallest absolute Gasteiger partial charge is 0.410 e. The monoisotopic (exact) mass is 358 g/mol. The molecule has 2 saturated heterocycles. The fraction of sp³-hybridized carbons (Fsp3) is 0.412. The number of nitrogens with zero attached hydrogens (tertiary/aromatic N) is 4. The highest BCUT2D eigenvalue weighted by Gasteiger charge is 2.40. The van der Waals surface area contributed by atoms with Crippen molar-refractivity contribution < 1.29 is 14.3 Å². The normalized spacial score (nSPS) is 21.4. The Balaban J connectivity index is 1.44. The molecule has 2 amide bonds. The number of hydrogen-bond acceptors (Lipinski definition) is 6. The van der Waals surface area contributed by atoms with Crippen LogP contribution in [0.25, 0.3) is 0 Å². The average Bonchev–Trinajstić information content (AvgIpc) is 3.32. The quantitative estimate of drug-likeness (QED) is 0.842. The Bertz CT molecular complexity index is 745. The van der Waals surface area contributed by atoms with Gasteiger partial charge in [0.05, 0.1) is 6.04 Å². The predicted octanol–water partition coefficient (Wildman–Crippen LogP) is 2.34. The summed E-state index contributed by atoms with van der Waals surface area (Å²) in [7, 11) is 0. The SMILES string of the molecule is O=C(c1csnn1)N1CCC(N2C(=O)OC[C@H]2c2ccccc2)CC1. The van der Waals surface area contributed by atoms with Crippen molar-refractivity contribution in [2.24, 2.45) is 0 Å². The number of benzene rings is 1. The lowest BCUT2D eigenvalue weighted by Gasteiger charge is -2.37. The summed E-state index contributed by atoms with van der Waals surface area (Å²) in [5.41, 5.74) is 1.48. The topological polar surface area (TPSA) is 75.6 Å². The molecule has 0 saturated carbocycles. The first-order valence-electron chi connectivity index (χ1n) is 8.30. The second-order valence-electron chi connectivity index (χ2n) is 6.22. The first-order chi connectivity index (χ1) is 12.2. The maximum absolute atomic E-state index is 12.4. The molecule has 1 aromatic carbocycles. The second-order valence-corrected chi connectivity index (χ2v) is 6.83. The summed E-state index contributed by atoms with van der Waals surface area (Å²) in [6.07, 6.45) is 1.21. The zero-order valence-electron chi connectivity index (χ0n) is 13.6. The first kappa shape index (κ1) is 16.0. The van der Waals surface area contributed by atoms with Gasteiger partial charge in [0.25, 0.3) is 5.91 Å². The van der Waals surface area contributed by atoms with Crippen LogP contribution in [-0.4, -0.2) is 57.1 Å². The van der Waals surface area contributed by atoms with E-state index in [4.69, 9.17) is 4.74 Å². The van der Waals surface area contributed by atoms with Crippen LogP contribution in [0.1, 0.15) is 34.9 Å². The number of cyclic esters (lactones) is 1. The van der Waals surface area contributed by atoms with Crippen LogP contribution in [0.2, 0.25) is 0 Å². The first-order valence-corrected chi connectivity index (χ1v) is 9.14. The van der Waals surface area contributed by atoms with Gasteiger partial charge in [0.2, 0.25) is 0 Å². The minimum absolute atomic E-state index is 0.0521. The number of hydrogen-bond donors (Lipinski definition) is 0. The Labute approximate surface area is 149 Å². The highest BCUT2D eigenvalue weighted by atomic mass is 32.1. The zero-order valence-corrected chi connectivity index (χ0v) is 14.4. The van der Waals surface area contributed by atoms with E-state index in [2.05, 4.69) is 9.59 Å². The fourth-order valence-corrected chi connectivity index (χ4v) is 3.96. The third-order valence-corrected chi connectivity index (χ3v) is 5.32. The average molecular weight is 358 g/mol. The molecular formula is C17H18N4O3S. The Morgan fingerprint density at radius 1 is 1.20 bits per heavy atom. The number of rotatable bonds is 3. The largest absolute Gasteiger partial charge is 0.447 e. The molecule has 3 heterocycles. The molecule has 0 N–H and O–H groups in total. The van der Waals surface area contributed by atoms with Crippen molar-refractivity contribution in [2.45, 2.75) is 24.9 Å². The third-order valence-electron chi connectivity index (χ3n) is 4.82. The lowest BCUT2D eigenvalue weighted by atomic mass is 9.99. The predicted molar refractivity (Wildman–Crippen MR) is 91.2 cm³/mol. The number of piperidine rings is 1. The Morgan fingerprint density at radius 2 is 1.96 bits per heavy atom. The van der Waals surface area contributed by atoms with Crippen LogP contribution in [0, 0.1) is 0 Å². The van der Waals surface area contributed by atoms with E-state index in [0.29, 0.717) is 25.4 Å². The molecule has 1 aromatic heterocycles.